The zero-order valence-corrected chi connectivity index (χ0v) is 7.55. The molecule has 1 unspecified atom stereocenters. The molecule has 0 rings (SSSR count). The Morgan fingerprint density at radius 1 is 1.67 bits per heavy atom. The first kappa shape index (κ1) is 10.8. The van der Waals surface area contributed by atoms with Gasteiger partial charge in [-0.1, -0.05) is 6.92 Å². The third-order valence-electron chi connectivity index (χ3n) is 1.31. The molecule has 0 aromatic heterocycles. The molecule has 12 heavy (non-hydrogen) atoms. The number of carbonyl (C=O) groups is 1. The number of hydrogen-bond donors (Lipinski definition) is 2. The van der Waals surface area contributed by atoms with Gasteiger partial charge in [-0.25, -0.2) is 4.79 Å². The molecule has 4 heteroatoms. The molecular formula is C8H15N3O. The summed E-state index contributed by atoms with van der Waals surface area (Å²) in [6.07, 6.45) is 1.26. The monoisotopic (exact) mass is 169 g/mol. The fourth-order valence-electron chi connectivity index (χ4n) is 0.701. The third-order valence-corrected chi connectivity index (χ3v) is 1.31. The second-order valence-corrected chi connectivity index (χ2v) is 2.66. The fourth-order valence-corrected chi connectivity index (χ4v) is 0.701. The Kier molecular flexibility index (Phi) is 5.80. The molecule has 0 aromatic rings. The SMILES string of the molecule is CCCNC(=O)NC(C)CC#N. The average molecular weight is 169 g/mol. The molecule has 68 valence electrons. The Hall–Kier alpha value is -1.24. The van der Waals surface area contributed by atoms with Crippen LogP contribution in [-0.2, 0) is 0 Å². The van der Waals surface area contributed by atoms with Crippen LogP contribution in [0.15, 0.2) is 0 Å². The van der Waals surface area contributed by atoms with Crippen LogP contribution in [0.5, 0.6) is 0 Å². The highest BCUT2D eigenvalue weighted by atomic mass is 16.2. The van der Waals surface area contributed by atoms with Crippen molar-refractivity contribution < 1.29 is 4.79 Å². The molecule has 0 aliphatic heterocycles. The molecule has 0 aromatic carbocycles. The van der Waals surface area contributed by atoms with Crippen LogP contribution in [0.2, 0.25) is 0 Å². The Morgan fingerprint density at radius 2 is 2.33 bits per heavy atom. The highest BCUT2D eigenvalue weighted by Crippen LogP contribution is 1.86. The van der Waals surface area contributed by atoms with Gasteiger partial charge in [0, 0.05) is 12.6 Å². The van der Waals surface area contributed by atoms with Gasteiger partial charge in [-0.15, -0.1) is 0 Å². The van der Waals surface area contributed by atoms with Crippen molar-refractivity contribution in [2.45, 2.75) is 32.7 Å². The van der Waals surface area contributed by atoms with Crippen molar-refractivity contribution in [1.82, 2.24) is 10.6 Å². The van der Waals surface area contributed by atoms with E-state index in [9.17, 15) is 4.79 Å². The quantitative estimate of drug-likeness (QED) is 0.659. The molecule has 0 saturated carbocycles. The van der Waals surface area contributed by atoms with Gasteiger partial charge < -0.3 is 10.6 Å². The van der Waals surface area contributed by atoms with Crippen LogP contribution in [0.1, 0.15) is 26.7 Å². The maximum absolute atomic E-state index is 11.0. The number of hydrogen-bond acceptors (Lipinski definition) is 2. The maximum atomic E-state index is 11.0. The Balaban J connectivity index is 3.48. The second kappa shape index (κ2) is 6.47. The average Bonchev–Trinajstić information content (AvgIpc) is 2.01. The molecule has 2 N–H and O–H groups in total. The summed E-state index contributed by atoms with van der Waals surface area (Å²) in [6, 6.07) is 1.71. The minimum Gasteiger partial charge on any atom is -0.338 e. The Labute approximate surface area is 72.9 Å². The summed E-state index contributed by atoms with van der Waals surface area (Å²) in [5.41, 5.74) is 0. The number of amides is 2. The molecule has 0 spiro atoms. The lowest BCUT2D eigenvalue weighted by atomic mass is 10.3. The van der Waals surface area contributed by atoms with E-state index in [1.165, 1.54) is 0 Å². The van der Waals surface area contributed by atoms with Gasteiger partial charge >= 0.3 is 6.03 Å². The lowest BCUT2D eigenvalue weighted by Crippen LogP contribution is -2.40. The van der Waals surface area contributed by atoms with Crippen molar-refractivity contribution in [3.63, 3.8) is 0 Å². The molecular weight excluding hydrogens is 154 g/mol. The van der Waals surface area contributed by atoms with E-state index in [1.54, 1.807) is 6.92 Å². The number of carbonyl (C=O) groups excluding carboxylic acids is 1. The van der Waals surface area contributed by atoms with E-state index in [0.717, 1.165) is 6.42 Å². The molecule has 0 aliphatic rings. The first-order valence-corrected chi connectivity index (χ1v) is 4.12. The van der Waals surface area contributed by atoms with Crippen LogP contribution < -0.4 is 10.6 Å². The summed E-state index contributed by atoms with van der Waals surface area (Å²) < 4.78 is 0. The van der Waals surface area contributed by atoms with Gasteiger partial charge in [0.05, 0.1) is 12.5 Å². The molecule has 0 bridgehead atoms. The molecule has 0 heterocycles. The molecule has 0 aliphatic carbocycles. The summed E-state index contributed by atoms with van der Waals surface area (Å²) in [4.78, 5) is 11.0. The summed E-state index contributed by atoms with van der Waals surface area (Å²) in [5, 5.41) is 13.6. The van der Waals surface area contributed by atoms with Crippen LogP contribution in [0.25, 0.3) is 0 Å². The predicted molar refractivity (Wildman–Crippen MR) is 46.5 cm³/mol. The molecule has 0 saturated heterocycles. The molecule has 4 nitrogen and oxygen atoms in total. The van der Waals surface area contributed by atoms with Crippen LogP contribution in [0.3, 0.4) is 0 Å². The van der Waals surface area contributed by atoms with Crippen molar-refractivity contribution in [3.8, 4) is 6.07 Å². The minimum absolute atomic E-state index is 0.0770. The first-order chi connectivity index (χ1) is 5.70. The van der Waals surface area contributed by atoms with Crippen LogP contribution in [-0.4, -0.2) is 18.6 Å². The van der Waals surface area contributed by atoms with Crippen molar-refractivity contribution in [2.24, 2.45) is 0 Å². The van der Waals surface area contributed by atoms with Gasteiger partial charge in [-0.05, 0) is 13.3 Å². The van der Waals surface area contributed by atoms with Crippen molar-refractivity contribution >= 4 is 6.03 Å². The topological polar surface area (TPSA) is 64.9 Å². The summed E-state index contributed by atoms with van der Waals surface area (Å²) in [6.45, 7) is 4.46. The highest BCUT2D eigenvalue weighted by molar-refractivity contribution is 5.74. The van der Waals surface area contributed by atoms with Crippen LogP contribution in [0, 0.1) is 11.3 Å². The fraction of sp³-hybridized carbons (Fsp3) is 0.750. The van der Waals surface area contributed by atoms with Crippen LogP contribution in [0.4, 0.5) is 4.79 Å². The predicted octanol–water partition coefficient (Wildman–Crippen LogP) is 0.998. The highest BCUT2D eigenvalue weighted by Gasteiger charge is 2.04. The van der Waals surface area contributed by atoms with Crippen molar-refractivity contribution in [2.75, 3.05) is 6.54 Å². The lowest BCUT2D eigenvalue weighted by molar-refractivity contribution is 0.238. The van der Waals surface area contributed by atoms with Gasteiger partial charge in [0.1, 0.15) is 0 Å². The zero-order chi connectivity index (χ0) is 9.40. The molecule has 0 fully saturated rings. The van der Waals surface area contributed by atoms with Gasteiger partial charge in [0.15, 0.2) is 0 Å². The minimum atomic E-state index is -0.195. The lowest BCUT2D eigenvalue weighted by Gasteiger charge is -2.10. The van der Waals surface area contributed by atoms with Gasteiger partial charge in [-0.3, -0.25) is 0 Å². The van der Waals surface area contributed by atoms with E-state index in [-0.39, 0.29) is 12.1 Å². The summed E-state index contributed by atoms with van der Waals surface area (Å²) >= 11 is 0. The Bertz CT molecular complexity index is 174. The largest absolute Gasteiger partial charge is 0.338 e. The van der Waals surface area contributed by atoms with E-state index in [0.29, 0.717) is 13.0 Å². The molecule has 2 amide bonds. The van der Waals surface area contributed by atoms with Crippen molar-refractivity contribution in [1.29, 1.82) is 5.26 Å². The van der Waals surface area contributed by atoms with Crippen LogP contribution >= 0.6 is 0 Å². The molecule has 0 radical (unpaired) electrons. The number of urea groups is 1. The normalized spacial score (nSPS) is 11.4. The number of nitriles is 1. The van der Waals surface area contributed by atoms with E-state index in [4.69, 9.17) is 5.26 Å². The number of nitrogens with one attached hydrogen (secondary N) is 2. The van der Waals surface area contributed by atoms with E-state index in [1.807, 2.05) is 13.0 Å². The van der Waals surface area contributed by atoms with Gasteiger partial charge in [0.25, 0.3) is 0 Å². The Morgan fingerprint density at radius 3 is 2.83 bits per heavy atom. The van der Waals surface area contributed by atoms with E-state index < -0.39 is 0 Å². The second-order valence-electron chi connectivity index (χ2n) is 2.66. The van der Waals surface area contributed by atoms with E-state index >= 15 is 0 Å². The third kappa shape index (κ3) is 5.54. The van der Waals surface area contributed by atoms with E-state index in [2.05, 4.69) is 10.6 Å². The van der Waals surface area contributed by atoms with Gasteiger partial charge in [-0.2, -0.15) is 5.26 Å². The molecule has 1 atom stereocenters. The zero-order valence-electron chi connectivity index (χ0n) is 7.55. The standard InChI is InChI=1S/C8H15N3O/c1-3-6-10-8(12)11-7(2)4-5-9/h7H,3-4,6H2,1-2H3,(H2,10,11,12). The first-order valence-electron chi connectivity index (χ1n) is 4.12. The maximum Gasteiger partial charge on any atom is 0.315 e. The summed E-state index contributed by atoms with van der Waals surface area (Å²) in [5.74, 6) is 0. The van der Waals surface area contributed by atoms with Crippen molar-refractivity contribution in [3.05, 3.63) is 0 Å². The van der Waals surface area contributed by atoms with Gasteiger partial charge in [0.2, 0.25) is 0 Å². The smallest absolute Gasteiger partial charge is 0.315 e. The number of rotatable bonds is 4. The number of nitrogens with zero attached hydrogens (tertiary/aromatic N) is 1. The summed E-state index contributed by atoms with van der Waals surface area (Å²) in [7, 11) is 0.